The topological polar surface area (TPSA) is 158 Å². The molecule has 8 rings (SSSR count). The van der Waals surface area contributed by atoms with Crippen LogP contribution in [-0.4, -0.2) is 87.7 Å². The van der Waals surface area contributed by atoms with Gasteiger partial charge in [-0.3, -0.25) is 4.79 Å². The summed E-state index contributed by atoms with van der Waals surface area (Å²) in [4.78, 5) is 29.1. The molecule has 7 unspecified atom stereocenters. The summed E-state index contributed by atoms with van der Waals surface area (Å²) in [6, 6.07) is 0. The molecule has 15 atom stereocenters. The fourth-order valence-electron chi connectivity index (χ4n) is 12.4. The molecule has 0 saturated carbocycles. The van der Waals surface area contributed by atoms with Crippen LogP contribution in [0.5, 0.6) is 0 Å². The van der Waals surface area contributed by atoms with Gasteiger partial charge in [0.2, 0.25) is 5.79 Å². The van der Waals surface area contributed by atoms with Gasteiger partial charge in [-0.2, -0.15) is 0 Å². The predicted molar refractivity (Wildman–Crippen MR) is 205 cm³/mol. The zero-order chi connectivity index (χ0) is 39.8. The molecular weight excluding hydrogens is 714 g/mol. The Balaban J connectivity index is 1.21. The number of aliphatic hydroxyl groups excluding tert-OH is 1. The van der Waals surface area contributed by atoms with E-state index >= 15 is 0 Å². The molecule has 1 aliphatic carbocycles. The zero-order valence-electron chi connectivity index (χ0n) is 34.4. The molecule has 7 heterocycles. The molecule has 7 aliphatic heterocycles. The highest BCUT2D eigenvalue weighted by molar-refractivity contribution is 5.97. The minimum Gasteiger partial charge on any atom is -0.550 e. The van der Waals surface area contributed by atoms with E-state index in [1.165, 1.54) is 5.71 Å². The SMILES string of the molecule is C=C1CCCC2=[NH+]C[C@@H](C)C(C)C[C@]23CCC(C(=O)CCC(=O)[O-])=CC3C2O[C@@]3(CC4O[C@@]5(CC[C@]6(OC(CC[C@]6(C)O)C1)O5)CC(C)C4O)C[C@H](C)C[C@@H]2O3. The number of hydrogen-bond donors (Lipinski definition) is 3. The van der Waals surface area contributed by atoms with Gasteiger partial charge in [0.05, 0.1) is 35.9 Å². The highest BCUT2D eigenvalue weighted by atomic mass is 16.8. The van der Waals surface area contributed by atoms with Gasteiger partial charge in [-0.15, -0.1) is 0 Å². The molecule has 3 N–H and O–H groups in total. The zero-order valence-corrected chi connectivity index (χ0v) is 34.4. The monoisotopic (exact) mass is 781 g/mol. The smallest absolute Gasteiger partial charge is 0.200 e. The number of carboxylic acid groups (broad SMARTS) is 1. The molecule has 0 radical (unpaired) electrons. The van der Waals surface area contributed by atoms with Crippen LogP contribution in [0, 0.1) is 35.0 Å². The molecule has 6 saturated heterocycles. The minimum atomic E-state index is -1.22. The number of rotatable bonds is 4. The second kappa shape index (κ2) is 14.9. The normalized spacial score (nSPS) is 49.5. The summed E-state index contributed by atoms with van der Waals surface area (Å²) in [5, 5.41) is 35.1. The predicted octanol–water partition coefficient (Wildman–Crippen LogP) is 3.96. The Hall–Kier alpha value is -1.99. The van der Waals surface area contributed by atoms with E-state index in [1.807, 2.05) is 13.8 Å². The molecule has 7 bridgehead atoms. The molecule has 0 aromatic heterocycles. The molecular formula is C45H67NO10. The van der Waals surface area contributed by atoms with E-state index in [1.54, 1.807) is 0 Å². The molecule has 312 valence electrons. The van der Waals surface area contributed by atoms with Gasteiger partial charge >= 0.3 is 0 Å². The van der Waals surface area contributed by atoms with Crippen molar-refractivity contribution in [2.24, 2.45) is 35.0 Å². The fourth-order valence-corrected chi connectivity index (χ4v) is 12.4. The Morgan fingerprint density at radius 3 is 2.46 bits per heavy atom. The molecule has 0 amide bonds. The number of fused-ring (bicyclic) bond motifs is 6. The number of ether oxygens (including phenoxy) is 5. The van der Waals surface area contributed by atoms with Crippen LogP contribution < -0.4 is 10.1 Å². The molecule has 0 aromatic carbocycles. The molecule has 6 fully saturated rings. The number of ketones is 1. The fraction of sp³-hybridized carbons (Fsp3) is 0.844. The Bertz CT molecular complexity index is 1620. The Morgan fingerprint density at radius 2 is 1.68 bits per heavy atom. The summed E-state index contributed by atoms with van der Waals surface area (Å²) in [5.41, 5.74) is 1.58. The van der Waals surface area contributed by atoms with Gasteiger partial charge in [-0.25, -0.2) is 4.99 Å². The van der Waals surface area contributed by atoms with Crippen LogP contribution in [0.3, 0.4) is 0 Å². The van der Waals surface area contributed by atoms with E-state index in [4.69, 9.17) is 23.7 Å². The largest absolute Gasteiger partial charge is 0.550 e. The van der Waals surface area contributed by atoms with Gasteiger partial charge in [0.25, 0.3) is 0 Å². The first-order valence-corrected chi connectivity index (χ1v) is 22.0. The number of allylic oxidation sites excluding steroid dienone is 1. The van der Waals surface area contributed by atoms with Crippen molar-refractivity contribution in [2.45, 2.75) is 197 Å². The van der Waals surface area contributed by atoms with E-state index in [0.717, 1.165) is 50.6 Å². The average molecular weight is 782 g/mol. The van der Waals surface area contributed by atoms with Crippen LogP contribution >= 0.6 is 0 Å². The molecule has 56 heavy (non-hydrogen) atoms. The van der Waals surface area contributed by atoms with Gasteiger partial charge in [0, 0.05) is 62.8 Å². The second-order valence-electron chi connectivity index (χ2n) is 20.0. The van der Waals surface area contributed by atoms with Gasteiger partial charge < -0.3 is 43.8 Å². The third kappa shape index (κ3) is 7.32. The van der Waals surface area contributed by atoms with Gasteiger partial charge in [0.1, 0.15) is 12.1 Å². The van der Waals surface area contributed by atoms with Crippen molar-refractivity contribution in [3.05, 3.63) is 23.8 Å². The second-order valence-corrected chi connectivity index (χ2v) is 20.0. The first-order chi connectivity index (χ1) is 26.5. The van der Waals surface area contributed by atoms with Crippen LogP contribution in [0.2, 0.25) is 0 Å². The number of aliphatic carboxylic acids is 1. The lowest BCUT2D eigenvalue weighted by atomic mass is 9.57. The van der Waals surface area contributed by atoms with Crippen LogP contribution in [0.4, 0.5) is 0 Å². The lowest BCUT2D eigenvalue weighted by Crippen LogP contribution is -2.77. The third-order valence-corrected chi connectivity index (χ3v) is 15.7. The average Bonchev–Trinajstić information content (AvgIpc) is 3.57. The quantitative estimate of drug-likeness (QED) is 0.357. The molecule has 11 nitrogen and oxygen atoms in total. The van der Waals surface area contributed by atoms with Crippen molar-refractivity contribution < 1.29 is 53.6 Å². The lowest BCUT2D eigenvalue weighted by Gasteiger charge is -2.51. The molecule has 11 heteroatoms. The minimum absolute atomic E-state index is 0.0784. The number of carbonyl (C=O) groups is 2. The lowest BCUT2D eigenvalue weighted by molar-refractivity contribution is -0.470. The maximum absolute atomic E-state index is 13.7. The van der Waals surface area contributed by atoms with Gasteiger partial charge in [-0.1, -0.05) is 45.9 Å². The maximum Gasteiger partial charge on any atom is 0.200 e. The first kappa shape index (κ1) is 40.8. The third-order valence-electron chi connectivity index (χ3n) is 15.7. The number of aliphatic hydroxyl groups is 2. The standard InChI is InChI=1S/C45H67NO10/c1-26-8-7-9-37-42(22-28(3)30(5)25-46-37)15-12-31(34(47)10-11-38(48)49)20-33(42)40-35-19-27(2)21-44(53-35,55-40)24-36-39(50)29(4)23-43(54-36)16-17-45(56-43)41(6,51)14-13-32(18-26)52-45/h20,27-30,32-33,35-36,39-40,50-51H,1,7-19,21-25H2,2-6H3,(H,48,49)/t27-,28?,29?,30-,32?,33?,35+,36?,39?,40?,41+,42+,43-,44-,45+/m1/s1. The Morgan fingerprint density at radius 1 is 0.893 bits per heavy atom. The summed E-state index contributed by atoms with van der Waals surface area (Å²) in [5.74, 6) is -3.84. The highest BCUT2D eigenvalue weighted by Gasteiger charge is 2.66. The van der Waals surface area contributed by atoms with Crippen molar-refractivity contribution in [1.82, 2.24) is 0 Å². The van der Waals surface area contributed by atoms with Crippen molar-refractivity contribution in [2.75, 3.05) is 6.54 Å². The molecule has 8 aliphatic rings. The highest BCUT2D eigenvalue weighted by Crippen LogP contribution is 2.59. The van der Waals surface area contributed by atoms with E-state index < -0.39 is 41.1 Å². The molecule has 4 spiro atoms. The van der Waals surface area contributed by atoms with Gasteiger partial charge in [-0.05, 0) is 94.5 Å². The van der Waals surface area contributed by atoms with E-state index in [9.17, 15) is 24.9 Å². The van der Waals surface area contributed by atoms with E-state index in [2.05, 4.69) is 38.4 Å². The molecule has 0 aromatic rings. The van der Waals surface area contributed by atoms with Crippen LogP contribution in [-0.2, 0) is 33.3 Å². The Labute approximate surface area is 333 Å². The first-order valence-electron chi connectivity index (χ1n) is 22.0. The van der Waals surface area contributed by atoms with Crippen molar-refractivity contribution in [3.63, 3.8) is 0 Å². The number of nitrogens with one attached hydrogen (secondary N) is 1. The number of carboxylic acids is 1. The van der Waals surface area contributed by atoms with Gasteiger partial charge in [0.15, 0.2) is 23.1 Å². The summed E-state index contributed by atoms with van der Waals surface area (Å²) < 4.78 is 35.2. The summed E-state index contributed by atoms with van der Waals surface area (Å²) in [6.07, 6.45) is 9.68. The summed E-state index contributed by atoms with van der Waals surface area (Å²) in [7, 11) is 0. The van der Waals surface area contributed by atoms with Crippen molar-refractivity contribution >= 4 is 17.5 Å². The number of hydrogen-bond acceptors (Lipinski definition) is 10. The van der Waals surface area contributed by atoms with Crippen LogP contribution in [0.15, 0.2) is 23.8 Å². The van der Waals surface area contributed by atoms with Crippen LogP contribution in [0.25, 0.3) is 0 Å². The maximum atomic E-state index is 13.7. The Kier molecular flexibility index (Phi) is 10.9. The van der Waals surface area contributed by atoms with Crippen LogP contribution in [0.1, 0.15) is 144 Å². The number of carbonyl (C=O) groups excluding carboxylic acids is 2. The van der Waals surface area contributed by atoms with E-state index in [0.29, 0.717) is 75.2 Å². The van der Waals surface area contributed by atoms with Crippen molar-refractivity contribution in [3.8, 4) is 0 Å². The van der Waals surface area contributed by atoms with Crippen molar-refractivity contribution in [1.29, 1.82) is 0 Å². The van der Waals surface area contributed by atoms with E-state index in [-0.39, 0.29) is 60.1 Å². The number of Topliss-reactive ketones (excluding diaryl/α,β-unsaturated/α-hetero) is 1. The summed E-state index contributed by atoms with van der Waals surface area (Å²) in [6.45, 7) is 16.2. The summed E-state index contributed by atoms with van der Waals surface area (Å²) >= 11 is 0.